The number of rotatable bonds is 4. The first-order valence-corrected chi connectivity index (χ1v) is 5.10. The summed E-state index contributed by atoms with van der Waals surface area (Å²) in [5.74, 6) is 3.16. The van der Waals surface area contributed by atoms with Gasteiger partial charge in [-0.25, -0.2) is 0 Å². The van der Waals surface area contributed by atoms with Gasteiger partial charge >= 0.3 is 0 Å². The van der Waals surface area contributed by atoms with Crippen molar-refractivity contribution in [2.24, 2.45) is 11.7 Å². The fourth-order valence-corrected chi connectivity index (χ4v) is 2.04. The van der Waals surface area contributed by atoms with E-state index in [1.54, 1.807) is 0 Å². The first-order valence-electron chi connectivity index (χ1n) is 5.10. The van der Waals surface area contributed by atoms with E-state index in [-0.39, 0.29) is 6.04 Å². The molecule has 0 bridgehead atoms. The molecule has 2 N–H and O–H groups in total. The van der Waals surface area contributed by atoms with E-state index in [1.165, 1.54) is 0 Å². The monoisotopic (exact) mass is 181 g/mol. The molecule has 3 unspecified atom stereocenters. The lowest BCUT2D eigenvalue weighted by Crippen LogP contribution is -2.35. The third kappa shape index (κ3) is 2.72. The van der Waals surface area contributed by atoms with Crippen molar-refractivity contribution >= 4 is 0 Å². The van der Waals surface area contributed by atoms with E-state index in [2.05, 4.69) is 12.8 Å². The summed E-state index contributed by atoms with van der Waals surface area (Å²) in [6.07, 6.45) is 9.46. The highest BCUT2D eigenvalue weighted by Crippen LogP contribution is 2.27. The zero-order valence-corrected chi connectivity index (χ0v) is 8.33. The fourth-order valence-electron chi connectivity index (χ4n) is 2.04. The van der Waals surface area contributed by atoms with Crippen molar-refractivity contribution < 1.29 is 4.74 Å². The molecule has 0 aromatic heterocycles. The molecule has 0 aliphatic carbocycles. The van der Waals surface area contributed by atoms with Crippen LogP contribution in [0.1, 0.15) is 32.6 Å². The second kappa shape index (κ2) is 5.26. The van der Waals surface area contributed by atoms with Crippen LogP contribution in [0, 0.1) is 18.3 Å². The molecule has 1 aliphatic rings. The van der Waals surface area contributed by atoms with Gasteiger partial charge in [-0.15, -0.1) is 12.3 Å². The molecule has 74 valence electrons. The maximum absolute atomic E-state index is 6.06. The summed E-state index contributed by atoms with van der Waals surface area (Å²) in [5.41, 5.74) is 6.06. The molecule has 0 spiro atoms. The van der Waals surface area contributed by atoms with Gasteiger partial charge < -0.3 is 10.5 Å². The predicted octanol–water partition coefficient (Wildman–Crippen LogP) is 1.54. The average molecular weight is 181 g/mol. The van der Waals surface area contributed by atoms with E-state index in [0.29, 0.717) is 12.0 Å². The summed E-state index contributed by atoms with van der Waals surface area (Å²) in [7, 11) is 0. The molecule has 2 nitrogen and oxygen atoms in total. The molecule has 0 saturated carbocycles. The Morgan fingerprint density at radius 3 is 3.08 bits per heavy atom. The Morgan fingerprint density at radius 2 is 2.46 bits per heavy atom. The number of terminal acetylenes is 1. The van der Waals surface area contributed by atoms with Crippen LogP contribution in [0.15, 0.2) is 0 Å². The van der Waals surface area contributed by atoms with Gasteiger partial charge in [0.05, 0.1) is 6.10 Å². The van der Waals surface area contributed by atoms with Crippen LogP contribution in [0.3, 0.4) is 0 Å². The van der Waals surface area contributed by atoms with Gasteiger partial charge in [0.25, 0.3) is 0 Å². The summed E-state index contributed by atoms with van der Waals surface area (Å²) in [6, 6.07) is 0.225. The third-order valence-corrected chi connectivity index (χ3v) is 2.83. The quantitative estimate of drug-likeness (QED) is 0.668. The number of ether oxygens (including phenoxy) is 1. The Bertz CT molecular complexity index is 185. The molecule has 1 aliphatic heterocycles. The average Bonchev–Trinajstić information content (AvgIpc) is 2.61. The van der Waals surface area contributed by atoms with Crippen LogP contribution in [-0.2, 0) is 4.74 Å². The molecule has 0 amide bonds. The Balaban J connectivity index is 2.36. The van der Waals surface area contributed by atoms with Crippen LogP contribution < -0.4 is 5.73 Å². The summed E-state index contributed by atoms with van der Waals surface area (Å²) < 4.78 is 5.58. The fraction of sp³-hybridized carbons (Fsp3) is 0.818. The van der Waals surface area contributed by atoms with Crippen molar-refractivity contribution in [1.29, 1.82) is 0 Å². The Kier molecular flexibility index (Phi) is 4.27. The second-order valence-corrected chi connectivity index (χ2v) is 3.68. The Morgan fingerprint density at radius 1 is 1.69 bits per heavy atom. The molecule has 0 aromatic carbocycles. The van der Waals surface area contributed by atoms with Gasteiger partial charge in [-0.2, -0.15) is 0 Å². The van der Waals surface area contributed by atoms with Gasteiger partial charge in [0.2, 0.25) is 0 Å². The Hall–Kier alpha value is -0.520. The highest BCUT2D eigenvalue weighted by atomic mass is 16.5. The summed E-state index contributed by atoms with van der Waals surface area (Å²) in [5, 5.41) is 0. The van der Waals surface area contributed by atoms with Gasteiger partial charge in [0.1, 0.15) is 0 Å². The van der Waals surface area contributed by atoms with Crippen molar-refractivity contribution in [3.8, 4) is 12.3 Å². The summed E-state index contributed by atoms with van der Waals surface area (Å²) in [6.45, 7) is 3.02. The zero-order chi connectivity index (χ0) is 9.68. The van der Waals surface area contributed by atoms with Crippen molar-refractivity contribution in [3.63, 3.8) is 0 Å². The number of nitrogens with two attached hydrogens (primary N) is 1. The lowest BCUT2D eigenvalue weighted by Gasteiger charge is -2.22. The molecule has 0 aromatic rings. The Labute approximate surface area is 80.8 Å². The molecular weight excluding hydrogens is 162 g/mol. The normalized spacial score (nSPS) is 29.9. The van der Waals surface area contributed by atoms with Gasteiger partial charge in [-0.05, 0) is 19.3 Å². The highest BCUT2D eigenvalue weighted by molar-refractivity contribution is 4.89. The van der Waals surface area contributed by atoms with Gasteiger partial charge in [-0.1, -0.05) is 6.92 Å². The molecular formula is C11H19NO. The van der Waals surface area contributed by atoms with E-state index >= 15 is 0 Å². The predicted molar refractivity (Wildman–Crippen MR) is 54.2 cm³/mol. The molecule has 2 heteroatoms. The SMILES string of the molecule is C#CCCC(N)C1CCOC1CC. The second-order valence-electron chi connectivity index (χ2n) is 3.68. The van der Waals surface area contributed by atoms with Crippen molar-refractivity contribution in [3.05, 3.63) is 0 Å². The van der Waals surface area contributed by atoms with E-state index in [4.69, 9.17) is 16.9 Å². The van der Waals surface area contributed by atoms with Gasteiger partial charge in [-0.3, -0.25) is 0 Å². The molecule has 13 heavy (non-hydrogen) atoms. The van der Waals surface area contributed by atoms with E-state index in [9.17, 15) is 0 Å². The standard InChI is InChI=1S/C11H19NO/c1-3-5-6-10(12)9-7-8-13-11(9)4-2/h1,9-11H,4-8,12H2,2H3. The van der Waals surface area contributed by atoms with E-state index in [1.807, 2.05) is 0 Å². The van der Waals surface area contributed by atoms with Crippen molar-refractivity contribution in [2.75, 3.05) is 6.61 Å². The van der Waals surface area contributed by atoms with Crippen LogP contribution in [0.2, 0.25) is 0 Å². The van der Waals surface area contributed by atoms with E-state index < -0.39 is 0 Å². The molecule has 0 radical (unpaired) electrons. The lowest BCUT2D eigenvalue weighted by molar-refractivity contribution is 0.0807. The minimum absolute atomic E-state index is 0.225. The molecule has 1 saturated heterocycles. The van der Waals surface area contributed by atoms with Gasteiger partial charge in [0.15, 0.2) is 0 Å². The smallest absolute Gasteiger partial charge is 0.0616 e. The van der Waals surface area contributed by atoms with E-state index in [0.717, 1.165) is 32.3 Å². The largest absolute Gasteiger partial charge is 0.378 e. The van der Waals surface area contributed by atoms with Crippen LogP contribution in [0.4, 0.5) is 0 Å². The summed E-state index contributed by atoms with van der Waals surface area (Å²) >= 11 is 0. The van der Waals surface area contributed by atoms with Crippen molar-refractivity contribution in [1.82, 2.24) is 0 Å². The molecule has 1 fully saturated rings. The lowest BCUT2D eigenvalue weighted by atomic mass is 9.89. The summed E-state index contributed by atoms with van der Waals surface area (Å²) in [4.78, 5) is 0. The van der Waals surface area contributed by atoms with Crippen molar-refractivity contribution in [2.45, 2.75) is 44.8 Å². The first-order chi connectivity index (χ1) is 6.29. The third-order valence-electron chi connectivity index (χ3n) is 2.83. The highest BCUT2D eigenvalue weighted by Gasteiger charge is 2.30. The maximum Gasteiger partial charge on any atom is 0.0616 e. The van der Waals surface area contributed by atoms with Crippen LogP contribution >= 0.6 is 0 Å². The minimum atomic E-state index is 0.225. The topological polar surface area (TPSA) is 35.2 Å². The number of hydrogen-bond donors (Lipinski definition) is 1. The van der Waals surface area contributed by atoms with Gasteiger partial charge in [0, 0.05) is 25.0 Å². The molecule has 1 rings (SSSR count). The molecule has 3 atom stereocenters. The number of hydrogen-bond acceptors (Lipinski definition) is 2. The van der Waals surface area contributed by atoms with Crippen LogP contribution in [-0.4, -0.2) is 18.8 Å². The zero-order valence-electron chi connectivity index (χ0n) is 8.33. The first kappa shape index (κ1) is 10.6. The molecule has 1 heterocycles. The van der Waals surface area contributed by atoms with Crippen LogP contribution in [0.5, 0.6) is 0 Å². The minimum Gasteiger partial charge on any atom is -0.378 e. The maximum atomic E-state index is 6.06. The van der Waals surface area contributed by atoms with Crippen LogP contribution in [0.25, 0.3) is 0 Å².